The van der Waals surface area contributed by atoms with Gasteiger partial charge >= 0.3 is 6.18 Å². The number of sulfone groups is 1. The zero-order chi connectivity index (χ0) is 25.7. The maximum Gasteiger partial charge on any atom is 0.433 e. The lowest BCUT2D eigenvalue weighted by Gasteiger charge is -2.36. The summed E-state index contributed by atoms with van der Waals surface area (Å²) in [6.45, 7) is 3.73. The van der Waals surface area contributed by atoms with Gasteiger partial charge < -0.3 is 9.80 Å². The highest BCUT2D eigenvalue weighted by molar-refractivity contribution is 7.92. The van der Waals surface area contributed by atoms with E-state index in [9.17, 15) is 21.6 Å². The van der Waals surface area contributed by atoms with Crippen LogP contribution in [-0.2, 0) is 16.0 Å². The molecule has 36 heavy (non-hydrogen) atoms. The van der Waals surface area contributed by atoms with Crippen molar-refractivity contribution < 1.29 is 21.6 Å². The lowest BCUT2D eigenvalue weighted by molar-refractivity contribution is -0.141. The topological polar surface area (TPSA) is 93.4 Å². The Morgan fingerprint density at radius 3 is 2.33 bits per heavy atom. The van der Waals surface area contributed by atoms with E-state index in [0.717, 1.165) is 37.9 Å². The van der Waals surface area contributed by atoms with Crippen molar-refractivity contribution in [2.75, 3.05) is 49.1 Å². The van der Waals surface area contributed by atoms with Gasteiger partial charge in [-0.25, -0.2) is 18.4 Å². The molecule has 2 saturated heterocycles. The molecule has 0 amide bonds. The number of piperazine rings is 1. The molecular weight excluding hydrogens is 517 g/mol. The third-order valence-corrected chi connectivity index (χ3v) is 9.63. The molecule has 2 aliphatic heterocycles. The molecule has 192 valence electrons. The lowest BCUT2D eigenvalue weighted by Crippen LogP contribution is -2.47. The first kappa shape index (κ1) is 25.0. The van der Waals surface area contributed by atoms with Crippen LogP contribution in [0.3, 0.4) is 0 Å². The SMILES string of the molecule is N#Cc1nc(N2CC[C@H](S(=O)(=O)c3ccc(N4CCN(C5CC5)CC4)cc3Cl)C2)cc(C(F)(F)F)n1. The molecule has 3 fully saturated rings. The minimum atomic E-state index is -4.76. The van der Waals surface area contributed by atoms with Gasteiger partial charge in [-0.2, -0.15) is 18.4 Å². The quantitative estimate of drug-likeness (QED) is 0.570. The minimum Gasteiger partial charge on any atom is -0.369 e. The average Bonchev–Trinajstić information content (AvgIpc) is 3.58. The first-order valence-corrected chi connectivity index (χ1v) is 13.6. The molecule has 3 aliphatic rings. The summed E-state index contributed by atoms with van der Waals surface area (Å²) in [4.78, 5) is 13.2. The zero-order valence-corrected chi connectivity index (χ0v) is 20.8. The maximum absolute atomic E-state index is 13.4. The molecule has 1 aromatic heterocycles. The van der Waals surface area contributed by atoms with Crippen LogP contribution >= 0.6 is 11.6 Å². The van der Waals surface area contributed by atoms with E-state index in [0.29, 0.717) is 6.04 Å². The maximum atomic E-state index is 13.4. The van der Waals surface area contributed by atoms with Gasteiger partial charge in [-0.15, -0.1) is 0 Å². The summed E-state index contributed by atoms with van der Waals surface area (Å²) in [6.07, 6.45) is -2.04. The Morgan fingerprint density at radius 2 is 1.72 bits per heavy atom. The fourth-order valence-corrected chi connectivity index (χ4v) is 7.10. The average molecular weight is 541 g/mol. The van der Waals surface area contributed by atoms with E-state index in [1.807, 2.05) is 0 Å². The molecule has 8 nitrogen and oxygen atoms in total. The third-order valence-electron chi connectivity index (χ3n) is 6.98. The number of halogens is 4. The van der Waals surface area contributed by atoms with Gasteiger partial charge in [-0.3, -0.25) is 4.90 Å². The molecule has 0 radical (unpaired) electrons. The second-order valence-corrected chi connectivity index (χ2v) is 11.9. The minimum absolute atomic E-state index is 0.00719. The molecule has 1 saturated carbocycles. The van der Waals surface area contributed by atoms with E-state index in [2.05, 4.69) is 19.8 Å². The van der Waals surface area contributed by atoms with E-state index < -0.39 is 32.8 Å². The van der Waals surface area contributed by atoms with Gasteiger partial charge in [0, 0.05) is 57.1 Å². The smallest absolute Gasteiger partial charge is 0.369 e. The second kappa shape index (κ2) is 9.36. The number of hydrogen-bond donors (Lipinski definition) is 0. The summed E-state index contributed by atoms with van der Waals surface area (Å²) in [5.41, 5.74) is -0.376. The molecule has 0 spiro atoms. The number of aromatic nitrogens is 2. The number of nitrogens with zero attached hydrogens (tertiary/aromatic N) is 6. The van der Waals surface area contributed by atoms with Gasteiger partial charge in [0.05, 0.1) is 15.2 Å². The molecule has 0 bridgehead atoms. The summed E-state index contributed by atoms with van der Waals surface area (Å²) in [5.74, 6) is -0.749. The van der Waals surface area contributed by atoms with Crippen molar-refractivity contribution in [2.24, 2.45) is 0 Å². The molecule has 5 rings (SSSR count). The zero-order valence-electron chi connectivity index (χ0n) is 19.2. The molecule has 3 heterocycles. The number of hydrogen-bond acceptors (Lipinski definition) is 8. The summed E-state index contributed by atoms with van der Waals surface area (Å²) in [5, 5.41) is 8.29. The Kier molecular flexibility index (Phi) is 6.51. The number of nitriles is 1. The predicted molar refractivity (Wildman–Crippen MR) is 128 cm³/mol. The third kappa shape index (κ3) is 4.96. The van der Waals surface area contributed by atoms with Crippen LogP contribution in [0.25, 0.3) is 0 Å². The fraction of sp³-hybridized carbons (Fsp3) is 0.522. The summed E-state index contributed by atoms with van der Waals surface area (Å²) < 4.78 is 66.4. The standard InChI is InChI=1S/C23H24ClF3N6O2S/c24-18-11-16(32-9-7-31(8-10-32)15-1-2-15)3-4-19(18)36(34,35)17-5-6-33(14-17)22-12-20(23(25,26)27)29-21(13-28)30-22/h3-4,11-12,15,17H,1-2,5-10,14H2/t17-/m0/s1. The van der Waals surface area contributed by atoms with E-state index in [1.54, 1.807) is 12.1 Å². The highest BCUT2D eigenvalue weighted by Crippen LogP contribution is 2.35. The van der Waals surface area contributed by atoms with Crippen molar-refractivity contribution in [1.82, 2.24) is 14.9 Å². The first-order chi connectivity index (χ1) is 17.1. The normalized spacial score (nSPS) is 21.6. The Balaban J connectivity index is 1.31. The first-order valence-electron chi connectivity index (χ1n) is 11.7. The van der Waals surface area contributed by atoms with Crippen LogP contribution in [0, 0.1) is 11.3 Å². The Bertz CT molecular complexity index is 1300. The summed E-state index contributed by atoms with van der Waals surface area (Å²) >= 11 is 6.45. The van der Waals surface area contributed by atoms with Crippen molar-refractivity contribution in [3.05, 3.63) is 40.8 Å². The second-order valence-electron chi connectivity index (χ2n) is 9.32. The molecule has 2 aromatic rings. The Labute approximate surface area is 212 Å². The summed E-state index contributed by atoms with van der Waals surface area (Å²) in [7, 11) is -3.85. The summed E-state index contributed by atoms with van der Waals surface area (Å²) in [6, 6.07) is 7.93. The van der Waals surface area contributed by atoms with Crippen LogP contribution in [0.2, 0.25) is 5.02 Å². The molecule has 1 aromatic carbocycles. The fourth-order valence-electron chi connectivity index (χ4n) is 4.86. The van der Waals surface area contributed by atoms with Crippen LogP contribution in [0.15, 0.2) is 29.2 Å². The number of benzene rings is 1. The predicted octanol–water partition coefficient (Wildman–Crippen LogP) is 3.36. The molecule has 0 N–H and O–H groups in total. The van der Waals surface area contributed by atoms with Gasteiger partial charge in [0.2, 0.25) is 5.82 Å². The van der Waals surface area contributed by atoms with E-state index in [4.69, 9.17) is 16.9 Å². The number of anilines is 2. The van der Waals surface area contributed by atoms with Crippen molar-refractivity contribution in [3.63, 3.8) is 0 Å². The monoisotopic (exact) mass is 540 g/mol. The van der Waals surface area contributed by atoms with Crippen LogP contribution in [0.4, 0.5) is 24.7 Å². The molecule has 1 aliphatic carbocycles. The van der Waals surface area contributed by atoms with Crippen molar-refractivity contribution >= 4 is 32.9 Å². The van der Waals surface area contributed by atoms with Gasteiger partial charge in [0.25, 0.3) is 0 Å². The van der Waals surface area contributed by atoms with Crippen molar-refractivity contribution in [2.45, 2.75) is 41.6 Å². The Hall–Kier alpha value is -2.62. The van der Waals surface area contributed by atoms with E-state index in [1.165, 1.54) is 29.9 Å². The van der Waals surface area contributed by atoms with Gasteiger partial charge in [-0.1, -0.05) is 11.6 Å². The number of rotatable bonds is 5. The van der Waals surface area contributed by atoms with E-state index >= 15 is 0 Å². The van der Waals surface area contributed by atoms with Crippen LogP contribution in [0.1, 0.15) is 30.8 Å². The molecule has 1 atom stereocenters. The Morgan fingerprint density at radius 1 is 1.00 bits per heavy atom. The van der Waals surface area contributed by atoms with Crippen molar-refractivity contribution in [1.29, 1.82) is 5.26 Å². The van der Waals surface area contributed by atoms with Gasteiger partial charge in [0.1, 0.15) is 11.9 Å². The highest BCUT2D eigenvalue weighted by Gasteiger charge is 2.39. The molecule has 13 heteroatoms. The lowest BCUT2D eigenvalue weighted by atomic mass is 10.2. The largest absolute Gasteiger partial charge is 0.433 e. The van der Waals surface area contributed by atoms with Crippen LogP contribution < -0.4 is 9.80 Å². The molecular formula is C23H24ClF3N6O2S. The molecule has 0 unspecified atom stereocenters. The highest BCUT2D eigenvalue weighted by atomic mass is 35.5. The number of alkyl halides is 3. The van der Waals surface area contributed by atoms with E-state index in [-0.39, 0.29) is 35.2 Å². The van der Waals surface area contributed by atoms with Gasteiger partial charge in [-0.05, 0) is 37.5 Å². The van der Waals surface area contributed by atoms with Gasteiger partial charge in [0.15, 0.2) is 15.5 Å². The van der Waals surface area contributed by atoms with Crippen LogP contribution in [-0.4, -0.2) is 73.8 Å². The van der Waals surface area contributed by atoms with Crippen LogP contribution in [0.5, 0.6) is 0 Å². The van der Waals surface area contributed by atoms with Crippen molar-refractivity contribution in [3.8, 4) is 6.07 Å².